The maximum atomic E-state index is 11.1. The lowest BCUT2D eigenvalue weighted by molar-refractivity contribution is 0.0697. The van der Waals surface area contributed by atoms with E-state index in [9.17, 15) is 9.90 Å². The Kier molecular flexibility index (Phi) is 5.24. The molecular formula is C24H29NO5. The van der Waals surface area contributed by atoms with Gasteiger partial charge in [0.25, 0.3) is 0 Å². The monoisotopic (exact) mass is 411 g/mol. The topological polar surface area (TPSA) is 79.2 Å². The second kappa shape index (κ2) is 7.60. The second-order valence-electron chi connectivity index (χ2n) is 9.18. The molecule has 0 spiro atoms. The molecule has 0 aliphatic carbocycles. The van der Waals surface area contributed by atoms with Crippen molar-refractivity contribution in [1.82, 2.24) is 4.90 Å². The molecule has 2 aromatic rings. The van der Waals surface area contributed by atoms with Crippen LogP contribution in [0.25, 0.3) is 0 Å². The minimum atomic E-state index is -0.920. The fraction of sp³-hybridized carbons (Fsp3) is 0.458. The van der Waals surface area contributed by atoms with E-state index in [4.69, 9.17) is 14.6 Å². The molecule has 0 aromatic heterocycles. The Hall–Kier alpha value is -2.57. The molecule has 6 heteroatoms. The molecule has 1 fully saturated rings. The van der Waals surface area contributed by atoms with Crippen LogP contribution >= 0.6 is 0 Å². The Balaban J connectivity index is 1.69. The van der Waals surface area contributed by atoms with Crippen molar-refractivity contribution >= 4 is 5.97 Å². The number of methoxy groups -OCH3 is 1. The summed E-state index contributed by atoms with van der Waals surface area (Å²) in [5, 5.41) is 19.8. The Morgan fingerprint density at radius 3 is 2.60 bits per heavy atom. The van der Waals surface area contributed by atoms with Gasteiger partial charge in [-0.05, 0) is 41.8 Å². The van der Waals surface area contributed by atoms with Crippen LogP contribution < -0.4 is 9.47 Å². The van der Waals surface area contributed by atoms with Crippen molar-refractivity contribution in [3.05, 3.63) is 59.2 Å². The zero-order valence-electron chi connectivity index (χ0n) is 17.7. The number of likely N-dealkylation sites (tertiary alicyclic amines) is 1. The van der Waals surface area contributed by atoms with E-state index in [1.54, 1.807) is 19.2 Å². The molecule has 2 heterocycles. The Bertz CT molecular complexity index is 939. The number of carboxylic acid groups (broad SMARTS) is 1. The molecule has 2 aromatic carbocycles. The number of benzene rings is 2. The van der Waals surface area contributed by atoms with Crippen molar-refractivity contribution in [3.8, 4) is 11.5 Å². The van der Waals surface area contributed by atoms with Crippen LogP contribution in [0.1, 0.15) is 35.3 Å². The van der Waals surface area contributed by atoms with Crippen LogP contribution in [0.4, 0.5) is 0 Å². The Morgan fingerprint density at radius 2 is 1.97 bits per heavy atom. The Morgan fingerprint density at radius 1 is 1.23 bits per heavy atom. The van der Waals surface area contributed by atoms with Crippen LogP contribution in [0.2, 0.25) is 0 Å². The van der Waals surface area contributed by atoms with E-state index in [1.165, 1.54) is 0 Å². The number of hydrogen-bond acceptors (Lipinski definition) is 5. The first kappa shape index (κ1) is 20.7. The lowest BCUT2D eigenvalue weighted by atomic mass is 9.63. The molecule has 30 heavy (non-hydrogen) atoms. The molecule has 2 atom stereocenters. The predicted octanol–water partition coefficient (Wildman–Crippen LogP) is 3.17. The van der Waals surface area contributed by atoms with Crippen molar-refractivity contribution in [2.45, 2.75) is 25.8 Å². The first-order valence-electron chi connectivity index (χ1n) is 10.3. The fourth-order valence-corrected chi connectivity index (χ4v) is 5.17. The van der Waals surface area contributed by atoms with Crippen molar-refractivity contribution in [2.75, 3.05) is 33.4 Å². The first-order valence-corrected chi connectivity index (χ1v) is 10.3. The normalized spacial score (nSPS) is 25.0. The summed E-state index contributed by atoms with van der Waals surface area (Å²) < 4.78 is 11.6. The van der Waals surface area contributed by atoms with Crippen LogP contribution in [0.5, 0.6) is 11.5 Å². The highest BCUT2D eigenvalue weighted by Gasteiger charge is 2.56. The fourth-order valence-electron chi connectivity index (χ4n) is 5.17. The van der Waals surface area contributed by atoms with Crippen molar-refractivity contribution in [1.29, 1.82) is 0 Å². The minimum absolute atomic E-state index is 0.0269. The lowest BCUT2D eigenvalue weighted by Gasteiger charge is -2.39. The molecule has 160 valence electrons. The standard InChI is InChI=1S/C24H29NO5/c1-23(2)15-30-20-9-8-18(29-3)10-19(20)24(14-26)13-25(12-21(23)24)11-16-4-6-17(7-5-16)22(27)28/h4-10,21,26H,11-15H2,1-3H3,(H,27,28)/t21-,24-/m1/s1. The van der Waals surface area contributed by atoms with E-state index in [1.807, 2.05) is 30.3 Å². The molecule has 0 bridgehead atoms. The van der Waals surface area contributed by atoms with Gasteiger partial charge >= 0.3 is 5.97 Å². The number of aromatic carboxylic acids is 1. The van der Waals surface area contributed by atoms with Crippen LogP contribution in [-0.4, -0.2) is 54.5 Å². The van der Waals surface area contributed by atoms with Gasteiger partial charge in [0.2, 0.25) is 0 Å². The number of hydrogen-bond donors (Lipinski definition) is 2. The van der Waals surface area contributed by atoms with Crippen LogP contribution in [-0.2, 0) is 12.0 Å². The van der Waals surface area contributed by atoms with Gasteiger partial charge < -0.3 is 19.7 Å². The number of fused-ring (bicyclic) bond motifs is 3. The highest BCUT2D eigenvalue weighted by molar-refractivity contribution is 5.87. The SMILES string of the molecule is COc1ccc2c(c1)[C@]1(CO)CN(Cc3ccc(C(=O)O)cc3)C[C@@H]1C(C)(C)CO2. The number of carboxylic acids is 1. The molecule has 0 radical (unpaired) electrons. The molecular weight excluding hydrogens is 382 g/mol. The van der Waals surface area contributed by atoms with Crippen LogP contribution in [0.3, 0.4) is 0 Å². The summed E-state index contributed by atoms with van der Waals surface area (Å²) >= 11 is 0. The summed E-state index contributed by atoms with van der Waals surface area (Å²) in [6, 6.07) is 12.9. The molecule has 0 saturated carbocycles. The third kappa shape index (κ3) is 3.44. The predicted molar refractivity (Wildman–Crippen MR) is 113 cm³/mol. The zero-order chi connectivity index (χ0) is 21.5. The number of rotatable bonds is 5. The van der Waals surface area contributed by atoms with Crippen LogP contribution in [0, 0.1) is 11.3 Å². The molecule has 2 aliphatic rings. The van der Waals surface area contributed by atoms with Gasteiger partial charge in [0.15, 0.2) is 0 Å². The largest absolute Gasteiger partial charge is 0.497 e. The van der Waals surface area contributed by atoms with E-state index in [-0.39, 0.29) is 23.5 Å². The summed E-state index contributed by atoms with van der Waals surface area (Å²) in [5.41, 5.74) is 1.77. The van der Waals surface area contributed by atoms with Crippen molar-refractivity contribution in [3.63, 3.8) is 0 Å². The smallest absolute Gasteiger partial charge is 0.335 e. The second-order valence-corrected chi connectivity index (χ2v) is 9.18. The van der Waals surface area contributed by atoms with E-state index in [2.05, 4.69) is 18.7 Å². The van der Waals surface area contributed by atoms with Gasteiger partial charge in [-0.1, -0.05) is 26.0 Å². The average molecular weight is 411 g/mol. The Labute approximate surface area is 177 Å². The number of aliphatic hydroxyl groups excluding tert-OH is 1. The third-order valence-corrected chi connectivity index (χ3v) is 6.77. The van der Waals surface area contributed by atoms with Crippen LogP contribution in [0.15, 0.2) is 42.5 Å². The number of ether oxygens (including phenoxy) is 2. The van der Waals surface area contributed by atoms with Gasteiger partial charge in [-0.15, -0.1) is 0 Å². The minimum Gasteiger partial charge on any atom is -0.497 e. The van der Waals surface area contributed by atoms with E-state index in [0.29, 0.717) is 19.7 Å². The van der Waals surface area contributed by atoms with E-state index >= 15 is 0 Å². The summed E-state index contributed by atoms with van der Waals surface area (Å²) in [6.45, 7) is 7.25. The third-order valence-electron chi connectivity index (χ3n) is 6.77. The number of aliphatic hydroxyl groups is 1. The van der Waals surface area contributed by atoms with Gasteiger partial charge in [0.1, 0.15) is 11.5 Å². The van der Waals surface area contributed by atoms with Gasteiger partial charge in [-0.3, -0.25) is 4.90 Å². The molecule has 1 saturated heterocycles. The highest BCUT2D eigenvalue weighted by Crippen LogP contribution is 2.53. The van der Waals surface area contributed by atoms with Crippen molar-refractivity contribution < 1.29 is 24.5 Å². The molecule has 0 unspecified atom stereocenters. The van der Waals surface area contributed by atoms with E-state index < -0.39 is 11.4 Å². The summed E-state index contributed by atoms with van der Waals surface area (Å²) in [6.07, 6.45) is 0. The quantitative estimate of drug-likeness (QED) is 0.787. The molecule has 2 N–H and O–H groups in total. The molecule has 4 rings (SSSR count). The number of carbonyl (C=O) groups is 1. The molecule has 2 aliphatic heterocycles. The van der Waals surface area contributed by atoms with Gasteiger partial charge in [-0.25, -0.2) is 4.79 Å². The van der Waals surface area contributed by atoms with Crippen molar-refractivity contribution in [2.24, 2.45) is 11.3 Å². The average Bonchev–Trinajstić information content (AvgIpc) is 3.09. The zero-order valence-corrected chi connectivity index (χ0v) is 17.7. The maximum Gasteiger partial charge on any atom is 0.335 e. The number of nitrogens with zero attached hydrogens (tertiary/aromatic N) is 1. The van der Waals surface area contributed by atoms with Gasteiger partial charge in [0, 0.05) is 36.0 Å². The summed E-state index contributed by atoms with van der Waals surface area (Å²) in [4.78, 5) is 13.5. The first-order chi connectivity index (χ1) is 14.3. The lowest BCUT2D eigenvalue weighted by Crippen LogP contribution is -2.45. The molecule has 6 nitrogen and oxygen atoms in total. The van der Waals surface area contributed by atoms with Gasteiger partial charge in [-0.2, -0.15) is 0 Å². The highest BCUT2D eigenvalue weighted by atomic mass is 16.5. The summed E-state index contributed by atoms with van der Waals surface area (Å²) in [5.74, 6) is 0.845. The molecule has 0 amide bonds. The maximum absolute atomic E-state index is 11.1. The van der Waals surface area contributed by atoms with Gasteiger partial charge in [0.05, 0.1) is 25.9 Å². The van der Waals surface area contributed by atoms with E-state index in [0.717, 1.165) is 29.2 Å². The summed E-state index contributed by atoms with van der Waals surface area (Å²) in [7, 11) is 1.65.